The lowest BCUT2D eigenvalue weighted by atomic mass is 9.92. The van der Waals surface area contributed by atoms with Crippen LogP contribution in [0.2, 0.25) is 0 Å². The molecule has 0 unspecified atom stereocenters. The van der Waals surface area contributed by atoms with Gasteiger partial charge in [0.05, 0.1) is 5.69 Å². The van der Waals surface area contributed by atoms with Gasteiger partial charge in [0.15, 0.2) is 0 Å². The van der Waals surface area contributed by atoms with Crippen LogP contribution in [0.1, 0.15) is 37.0 Å². The van der Waals surface area contributed by atoms with Gasteiger partial charge in [0, 0.05) is 18.2 Å². The zero-order valence-corrected chi connectivity index (χ0v) is 14.7. The number of hydrogen-bond donors (Lipinski definition) is 0. The normalized spacial score (nSPS) is 24.2. The molecule has 1 aromatic heterocycles. The van der Waals surface area contributed by atoms with E-state index in [-0.39, 0.29) is 11.9 Å². The number of amides is 1. The fourth-order valence-electron chi connectivity index (χ4n) is 4.15. The van der Waals surface area contributed by atoms with Crippen LogP contribution in [0.5, 0.6) is 0 Å². The molecule has 5 nitrogen and oxygen atoms in total. The van der Waals surface area contributed by atoms with E-state index in [1.165, 1.54) is 19.2 Å². The standard InChI is InChI=1S/C20H24N4O/c1-14(2)23(11-18-10-15-3-4-17(18)9-15)20(25)16-5-7-19(8-6-16)24-13-21-12-22-24/h3-8,12-15,17-18H,9-11H2,1-2H3/t15-,17-,18-/m0/s1. The van der Waals surface area contributed by atoms with E-state index >= 15 is 0 Å². The SMILES string of the molecule is CC(C)N(C[C@@H]1C[C@H]2C=C[C@H]1C2)C(=O)c1ccc(-n2cncn2)cc1. The molecule has 1 fully saturated rings. The van der Waals surface area contributed by atoms with Crippen molar-refractivity contribution in [2.45, 2.75) is 32.7 Å². The fourth-order valence-corrected chi connectivity index (χ4v) is 4.15. The summed E-state index contributed by atoms with van der Waals surface area (Å²) in [5.74, 6) is 2.12. The maximum atomic E-state index is 13.1. The molecule has 0 aliphatic heterocycles. The first-order valence-corrected chi connectivity index (χ1v) is 9.06. The van der Waals surface area contributed by atoms with Gasteiger partial charge in [0.2, 0.25) is 0 Å². The molecule has 1 heterocycles. The first-order valence-electron chi connectivity index (χ1n) is 9.06. The Morgan fingerprint density at radius 1 is 1.24 bits per heavy atom. The number of rotatable bonds is 5. The Labute approximate surface area is 148 Å². The van der Waals surface area contributed by atoms with Crippen molar-refractivity contribution in [1.82, 2.24) is 19.7 Å². The summed E-state index contributed by atoms with van der Waals surface area (Å²) in [5.41, 5.74) is 1.64. The van der Waals surface area contributed by atoms with Crippen LogP contribution in [0.3, 0.4) is 0 Å². The van der Waals surface area contributed by atoms with Gasteiger partial charge in [0.25, 0.3) is 5.91 Å². The van der Waals surface area contributed by atoms with Gasteiger partial charge in [-0.15, -0.1) is 0 Å². The minimum atomic E-state index is 0.117. The molecular formula is C20H24N4O. The Balaban J connectivity index is 1.49. The number of benzene rings is 1. The number of carbonyl (C=O) groups excluding carboxylic acids is 1. The van der Waals surface area contributed by atoms with Crippen LogP contribution in [0.25, 0.3) is 5.69 Å². The molecule has 0 N–H and O–H groups in total. The Kier molecular flexibility index (Phi) is 4.15. The van der Waals surface area contributed by atoms with E-state index in [9.17, 15) is 4.79 Å². The summed E-state index contributed by atoms with van der Waals surface area (Å²) < 4.78 is 1.69. The second kappa shape index (κ2) is 6.47. The molecule has 2 aliphatic carbocycles. The molecule has 4 rings (SSSR count). The Hall–Kier alpha value is -2.43. The van der Waals surface area contributed by atoms with Gasteiger partial charge in [0.1, 0.15) is 12.7 Å². The highest BCUT2D eigenvalue weighted by Crippen LogP contribution is 2.43. The Morgan fingerprint density at radius 2 is 2.04 bits per heavy atom. The highest BCUT2D eigenvalue weighted by Gasteiger charge is 2.37. The molecule has 5 heteroatoms. The number of fused-ring (bicyclic) bond motifs is 2. The van der Waals surface area contributed by atoms with Crippen molar-refractivity contribution in [3.63, 3.8) is 0 Å². The van der Waals surface area contributed by atoms with E-state index in [0.717, 1.165) is 23.7 Å². The van der Waals surface area contributed by atoms with Gasteiger partial charge in [-0.1, -0.05) is 12.2 Å². The van der Waals surface area contributed by atoms with Crippen LogP contribution in [0.15, 0.2) is 49.1 Å². The number of aromatic nitrogens is 3. The van der Waals surface area contributed by atoms with Crippen LogP contribution in [0, 0.1) is 17.8 Å². The highest BCUT2D eigenvalue weighted by molar-refractivity contribution is 5.94. The lowest BCUT2D eigenvalue weighted by Crippen LogP contribution is -2.41. The summed E-state index contributed by atoms with van der Waals surface area (Å²) in [4.78, 5) is 19.0. The molecule has 130 valence electrons. The maximum absolute atomic E-state index is 13.1. The zero-order chi connectivity index (χ0) is 17.4. The van der Waals surface area contributed by atoms with Gasteiger partial charge in [-0.05, 0) is 68.7 Å². The summed E-state index contributed by atoms with van der Waals surface area (Å²) in [7, 11) is 0. The third kappa shape index (κ3) is 3.11. The van der Waals surface area contributed by atoms with E-state index in [1.807, 2.05) is 29.2 Å². The predicted octanol–water partition coefficient (Wildman–Crippen LogP) is 3.33. The second-order valence-corrected chi connectivity index (χ2v) is 7.48. The van der Waals surface area contributed by atoms with Crippen LogP contribution >= 0.6 is 0 Å². The van der Waals surface area contributed by atoms with Crippen molar-refractivity contribution < 1.29 is 4.79 Å². The summed E-state index contributed by atoms with van der Waals surface area (Å²) >= 11 is 0. The monoisotopic (exact) mass is 336 g/mol. The van der Waals surface area contributed by atoms with E-state index in [2.05, 4.69) is 36.1 Å². The quantitative estimate of drug-likeness (QED) is 0.787. The smallest absolute Gasteiger partial charge is 0.254 e. The van der Waals surface area contributed by atoms with Crippen molar-refractivity contribution >= 4 is 5.91 Å². The van der Waals surface area contributed by atoms with E-state index in [4.69, 9.17) is 0 Å². The molecule has 0 radical (unpaired) electrons. The molecule has 25 heavy (non-hydrogen) atoms. The first kappa shape index (κ1) is 16.1. The lowest BCUT2D eigenvalue weighted by Gasteiger charge is -2.32. The van der Waals surface area contributed by atoms with Crippen molar-refractivity contribution in [2.75, 3.05) is 6.54 Å². The largest absolute Gasteiger partial charge is 0.336 e. The van der Waals surface area contributed by atoms with Crippen LogP contribution in [-0.4, -0.2) is 38.2 Å². The summed E-state index contributed by atoms with van der Waals surface area (Å²) in [6.45, 7) is 5.06. The molecule has 2 bridgehead atoms. The molecule has 1 aromatic carbocycles. The molecular weight excluding hydrogens is 312 g/mol. The molecule has 0 saturated heterocycles. The topological polar surface area (TPSA) is 51.0 Å². The summed E-state index contributed by atoms with van der Waals surface area (Å²) in [6, 6.07) is 7.80. The molecule has 2 aliphatic rings. The Morgan fingerprint density at radius 3 is 2.60 bits per heavy atom. The predicted molar refractivity (Wildman–Crippen MR) is 96.4 cm³/mol. The molecule has 1 saturated carbocycles. The molecule has 1 amide bonds. The van der Waals surface area contributed by atoms with Crippen molar-refractivity contribution in [1.29, 1.82) is 0 Å². The van der Waals surface area contributed by atoms with Crippen molar-refractivity contribution in [2.24, 2.45) is 17.8 Å². The number of carbonyl (C=O) groups is 1. The molecule has 2 aromatic rings. The third-order valence-corrected chi connectivity index (χ3v) is 5.53. The van der Waals surface area contributed by atoms with Crippen molar-refractivity contribution in [3.8, 4) is 5.69 Å². The van der Waals surface area contributed by atoms with Gasteiger partial charge >= 0.3 is 0 Å². The Bertz CT molecular complexity index is 764. The van der Waals surface area contributed by atoms with Gasteiger partial charge in [-0.3, -0.25) is 4.79 Å². The average molecular weight is 336 g/mol. The number of allylic oxidation sites excluding steroid dienone is 2. The number of hydrogen-bond acceptors (Lipinski definition) is 3. The van der Waals surface area contributed by atoms with Crippen LogP contribution in [-0.2, 0) is 0 Å². The van der Waals surface area contributed by atoms with Gasteiger partial charge < -0.3 is 4.90 Å². The zero-order valence-electron chi connectivity index (χ0n) is 14.7. The summed E-state index contributed by atoms with van der Waals surface area (Å²) in [6.07, 6.45) is 10.4. The average Bonchev–Trinajstić information content (AvgIpc) is 3.36. The maximum Gasteiger partial charge on any atom is 0.254 e. The van der Waals surface area contributed by atoms with Crippen LogP contribution in [0.4, 0.5) is 0 Å². The fraction of sp³-hybridized carbons (Fsp3) is 0.450. The third-order valence-electron chi connectivity index (χ3n) is 5.53. The van der Waals surface area contributed by atoms with E-state index in [0.29, 0.717) is 11.8 Å². The summed E-state index contributed by atoms with van der Waals surface area (Å²) in [5, 5.41) is 4.12. The van der Waals surface area contributed by atoms with Crippen LogP contribution < -0.4 is 0 Å². The van der Waals surface area contributed by atoms with Crippen molar-refractivity contribution in [3.05, 3.63) is 54.6 Å². The number of nitrogens with zero attached hydrogens (tertiary/aromatic N) is 4. The second-order valence-electron chi connectivity index (χ2n) is 7.48. The molecule has 3 atom stereocenters. The van der Waals surface area contributed by atoms with Gasteiger partial charge in [-0.25, -0.2) is 9.67 Å². The van der Waals surface area contributed by atoms with E-state index < -0.39 is 0 Å². The molecule has 0 spiro atoms. The minimum absolute atomic E-state index is 0.117. The first-order chi connectivity index (χ1) is 12.1. The highest BCUT2D eigenvalue weighted by atomic mass is 16.2. The van der Waals surface area contributed by atoms with Gasteiger partial charge in [-0.2, -0.15) is 5.10 Å². The minimum Gasteiger partial charge on any atom is -0.336 e. The lowest BCUT2D eigenvalue weighted by molar-refractivity contribution is 0.0661. The van der Waals surface area contributed by atoms with E-state index in [1.54, 1.807) is 11.0 Å².